The average molecular weight is 1150 g/mol. The Kier molecular flexibility index (Phi) is 30.1. The third kappa shape index (κ3) is 23.9. The van der Waals surface area contributed by atoms with E-state index in [2.05, 4.69) is 31.9 Å². The van der Waals surface area contributed by atoms with Gasteiger partial charge in [-0.3, -0.25) is 28.8 Å². The van der Waals surface area contributed by atoms with E-state index in [1.165, 1.54) is 20.8 Å². The molecule has 0 radical (unpaired) electrons. The van der Waals surface area contributed by atoms with Crippen LogP contribution in [0, 0.1) is 53.3 Å². The van der Waals surface area contributed by atoms with Gasteiger partial charge in [-0.05, 0) is 93.3 Å². The molecule has 1 aliphatic heterocycles. The zero-order valence-electron chi connectivity index (χ0n) is 51.6. The van der Waals surface area contributed by atoms with Crippen LogP contribution in [0.4, 0.5) is 0 Å². The number of carbonyl (C=O) groups is 12. The van der Waals surface area contributed by atoms with Gasteiger partial charge in [-0.2, -0.15) is 0 Å². The van der Waals surface area contributed by atoms with E-state index in [-0.39, 0.29) is 37.0 Å². The lowest BCUT2D eigenvalue weighted by Gasteiger charge is -2.30. The summed E-state index contributed by atoms with van der Waals surface area (Å²) in [6.07, 6.45) is -9.18. The lowest BCUT2D eigenvalue weighted by Crippen LogP contribution is -2.55. The fourth-order valence-corrected chi connectivity index (χ4v) is 8.00. The van der Waals surface area contributed by atoms with E-state index >= 15 is 0 Å². The van der Waals surface area contributed by atoms with Crippen LogP contribution in [-0.2, 0) is 86.0 Å². The van der Waals surface area contributed by atoms with Gasteiger partial charge in [0.2, 0.25) is 0 Å². The Morgan fingerprint density at radius 3 is 0.630 bits per heavy atom. The predicted octanol–water partition coefficient (Wildman–Crippen LogP) is 3.51. The average Bonchev–Trinajstić information content (AvgIpc) is 3.33. The van der Waals surface area contributed by atoms with Crippen molar-refractivity contribution in [3.63, 3.8) is 0 Å². The minimum absolute atomic E-state index is 0.0340. The molecule has 1 rings (SSSR count). The van der Waals surface area contributed by atoms with Crippen molar-refractivity contribution in [2.75, 3.05) is 0 Å². The number of ether oxygens (including phenoxy) is 6. The SMILES string of the molecule is CC(C)C[C@@H]1OC(=O)[C@H](C(C)C)NC(=O)[C@H](C(C)C)OC(=O)[C@H](C)NC(=O)[C@H](CC(C)C)OC(=O)[C@H](C(C)C)NC(=O)[C@H](C(C)C)OC(=O)[C@H](C)NC(=O)[C@H](CC(C)C)OC(=O)[C@H](C(C)C)NC(=O)[C@H](C(C)C)OC(=O)[C@H](C)NC1=O. The first-order valence-corrected chi connectivity index (χ1v) is 28.4. The van der Waals surface area contributed by atoms with Crippen molar-refractivity contribution in [2.45, 2.75) is 238 Å². The molecule has 1 aliphatic rings. The molecule has 81 heavy (non-hydrogen) atoms. The highest BCUT2D eigenvalue weighted by atomic mass is 16.6. The number of esters is 6. The number of rotatable bonds is 12. The molecule has 6 amide bonds. The molecule has 0 unspecified atom stereocenters. The van der Waals surface area contributed by atoms with Crippen LogP contribution in [0.25, 0.3) is 0 Å². The van der Waals surface area contributed by atoms with Gasteiger partial charge in [-0.25, -0.2) is 28.8 Å². The van der Waals surface area contributed by atoms with Gasteiger partial charge < -0.3 is 60.3 Å². The quantitative estimate of drug-likeness (QED) is 0.120. The summed E-state index contributed by atoms with van der Waals surface area (Å²) in [5, 5.41) is 15.2. The smallest absolute Gasteiger partial charge is 0.329 e. The first-order valence-electron chi connectivity index (χ1n) is 28.4. The standard InChI is InChI=1S/C57H96N6O18/c1-25(2)22-37-46(64)58-34(19)52(70)79-44(32(15)16)50(68)62-41(29(9)10)56(74)77-39(24-27(5)6)48(66)60-36(21)54(72)81-45(33(17)18)51(69)63-42(30(11)12)57(75)78-38(23-26(3)4)47(65)59-35(20)53(71)80-43(31(13)14)49(67)61-40(28(7)8)55(73)76-37/h25-45H,22-24H2,1-21H3,(H,58,64)(H,59,65)(H,60,66)(H,61,67)(H,62,68)(H,63,69)/t34-,35-,36-,37-,38-,39-,40-,41-,42-,43-,44-,45-/m0/s1. The van der Waals surface area contributed by atoms with Gasteiger partial charge in [0.15, 0.2) is 36.6 Å². The van der Waals surface area contributed by atoms with Gasteiger partial charge in [0, 0.05) is 0 Å². The highest BCUT2D eigenvalue weighted by Crippen LogP contribution is 2.20. The maximum absolute atomic E-state index is 13.9. The molecule has 1 heterocycles. The number of amides is 6. The summed E-state index contributed by atoms with van der Waals surface area (Å²) in [4.78, 5) is 166. The number of carbonyl (C=O) groups excluding carboxylic acids is 12. The van der Waals surface area contributed by atoms with Crippen molar-refractivity contribution in [3.8, 4) is 0 Å². The van der Waals surface area contributed by atoms with Gasteiger partial charge in [0.25, 0.3) is 35.4 Å². The van der Waals surface area contributed by atoms with Crippen LogP contribution in [0.2, 0.25) is 0 Å². The fourth-order valence-electron chi connectivity index (χ4n) is 8.00. The lowest BCUT2D eigenvalue weighted by atomic mass is 10.0. The summed E-state index contributed by atoms with van der Waals surface area (Å²) in [6, 6.07) is -8.46. The second-order valence-corrected chi connectivity index (χ2v) is 24.4. The Bertz CT molecular complexity index is 1960. The Morgan fingerprint density at radius 2 is 0.469 bits per heavy atom. The largest absolute Gasteiger partial charge is 0.451 e. The summed E-state index contributed by atoms with van der Waals surface area (Å²) in [6.45, 7) is 33.4. The van der Waals surface area contributed by atoms with Gasteiger partial charge in [-0.1, -0.05) is 125 Å². The van der Waals surface area contributed by atoms with Crippen LogP contribution in [0.5, 0.6) is 0 Å². The van der Waals surface area contributed by atoms with E-state index in [0.717, 1.165) is 0 Å². The molecule has 0 saturated carbocycles. The molecule has 0 bridgehead atoms. The minimum atomic E-state index is -1.52. The normalized spacial score (nSPS) is 28.2. The van der Waals surface area contributed by atoms with Crippen LogP contribution in [0.15, 0.2) is 0 Å². The van der Waals surface area contributed by atoms with Gasteiger partial charge in [-0.15, -0.1) is 0 Å². The topological polar surface area (TPSA) is 332 Å². The molecule has 12 atom stereocenters. The summed E-state index contributed by atoms with van der Waals surface area (Å²) in [5.41, 5.74) is 0. The summed E-state index contributed by atoms with van der Waals surface area (Å²) in [5.74, 6) is -16.4. The van der Waals surface area contributed by atoms with Crippen molar-refractivity contribution in [2.24, 2.45) is 53.3 Å². The molecular formula is C57H96N6O18. The zero-order chi connectivity index (χ0) is 62.7. The highest BCUT2D eigenvalue weighted by Gasteiger charge is 2.41. The third-order valence-corrected chi connectivity index (χ3v) is 12.8. The van der Waals surface area contributed by atoms with E-state index in [0.29, 0.717) is 0 Å². The van der Waals surface area contributed by atoms with Crippen LogP contribution in [0.1, 0.15) is 165 Å². The molecule has 462 valence electrons. The number of hydrogen-bond donors (Lipinski definition) is 6. The van der Waals surface area contributed by atoms with Gasteiger partial charge in [0.1, 0.15) is 36.3 Å². The molecule has 0 spiro atoms. The lowest BCUT2D eigenvalue weighted by molar-refractivity contribution is -0.167. The van der Waals surface area contributed by atoms with E-state index in [1.807, 2.05) is 0 Å². The van der Waals surface area contributed by atoms with E-state index in [9.17, 15) is 57.5 Å². The maximum atomic E-state index is 13.9. The molecule has 6 N–H and O–H groups in total. The predicted molar refractivity (Wildman–Crippen MR) is 295 cm³/mol. The van der Waals surface area contributed by atoms with Crippen LogP contribution < -0.4 is 31.9 Å². The molecule has 1 saturated heterocycles. The molecular weight excluding hydrogens is 1060 g/mol. The molecule has 24 nitrogen and oxygen atoms in total. The third-order valence-electron chi connectivity index (χ3n) is 12.8. The van der Waals surface area contributed by atoms with E-state index < -0.39 is 180 Å². The second-order valence-electron chi connectivity index (χ2n) is 24.4. The van der Waals surface area contributed by atoms with Crippen molar-refractivity contribution >= 4 is 71.3 Å². The zero-order valence-corrected chi connectivity index (χ0v) is 51.6. The molecule has 0 aromatic carbocycles. The first-order chi connectivity index (χ1) is 37.3. The minimum Gasteiger partial charge on any atom is -0.451 e. The Hall–Kier alpha value is -6.36. The fraction of sp³-hybridized carbons (Fsp3) is 0.789. The van der Waals surface area contributed by atoms with Crippen molar-refractivity contribution in [1.29, 1.82) is 0 Å². The molecule has 1 fully saturated rings. The van der Waals surface area contributed by atoms with Crippen molar-refractivity contribution < 1.29 is 86.0 Å². The van der Waals surface area contributed by atoms with Gasteiger partial charge >= 0.3 is 35.8 Å². The summed E-state index contributed by atoms with van der Waals surface area (Å²) < 4.78 is 34.1. The molecule has 24 heteroatoms. The number of hydrogen-bond acceptors (Lipinski definition) is 18. The molecule has 0 aliphatic carbocycles. The van der Waals surface area contributed by atoms with Crippen molar-refractivity contribution in [1.82, 2.24) is 31.9 Å². The Labute approximate surface area is 478 Å². The summed E-state index contributed by atoms with van der Waals surface area (Å²) >= 11 is 0. The molecule has 0 aromatic heterocycles. The second kappa shape index (κ2) is 33.5. The monoisotopic (exact) mass is 1150 g/mol. The van der Waals surface area contributed by atoms with Crippen LogP contribution in [0.3, 0.4) is 0 Å². The summed E-state index contributed by atoms with van der Waals surface area (Å²) in [7, 11) is 0. The molecule has 0 aromatic rings. The maximum Gasteiger partial charge on any atom is 0.329 e. The Morgan fingerprint density at radius 1 is 0.272 bits per heavy atom. The number of cyclic esters (lactones) is 6. The van der Waals surface area contributed by atoms with Crippen LogP contribution >= 0.6 is 0 Å². The van der Waals surface area contributed by atoms with E-state index in [1.54, 1.807) is 125 Å². The van der Waals surface area contributed by atoms with Crippen molar-refractivity contribution in [3.05, 3.63) is 0 Å². The first kappa shape index (κ1) is 72.7. The van der Waals surface area contributed by atoms with Gasteiger partial charge in [0.05, 0.1) is 0 Å². The Balaban J connectivity index is 3.93. The van der Waals surface area contributed by atoms with E-state index in [4.69, 9.17) is 28.4 Å². The highest BCUT2D eigenvalue weighted by molar-refractivity contribution is 5.95. The van der Waals surface area contributed by atoms with Crippen LogP contribution in [-0.4, -0.2) is 144 Å². The number of nitrogens with one attached hydrogen (secondary N) is 6.